The minimum absolute atomic E-state index is 0.287. The summed E-state index contributed by atoms with van der Waals surface area (Å²) in [6, 6.07) is 10.0. The van der Waals surface area contributed by atoms with Gasteiger partial charge < -0.3 is 10.0 Å². The standard InChI is InChI=1S/C16H19N3O2/c1-11(2)15-13-10-18(16(20)21)9-8-14(13)17-19(15)12-6-4-3-5-7-12/h3-7,11H,8-10H2,1-2H3,(H,20,21). The summed E-state index contributed by atoms with van der Waals surface area (Å²) in [5.74, 6) is 0.287. The summed E-state index contributed by atoms with van der Waals surface area (Å²) in [7, 11) is 0. The van der Waals surface area contributed by atoms with E-state index >= 15 is 0 Å². The summed E-state index contributed by atoms with van der Waals surface area (Å²) in [5, 5.41) is 13.9. The highest BCUT2D eigenvalue weighted by molar-refractivity contribution is 5.65. The van der Waals surface area contributed by atoms with Crippen LogP contribution < -0.4 is 0 Å². The van der Waals surface area contributed by atoms with Crippen molar-refractivity contribution in [3.05, 3.63) is 47.3 Å². The molecular weight excluding hydrogens is 266 g/mol. The van der Waals surface area contributed by atoms with Crippen LogP contribution in [0.4, 0.5) is 4.79 Å². The molecule has 5 nitrogen and oxygen atoms in total. The second-order valence-electron chi connectivity index (χ2n) is 5.67. The Morgan fingerprint density at radius 3 is 2.62 bits per heavy atom. The van der Waals surface area contributed by atoms with Crippen LogP contribution in [0.1, 0.15) is 36.7 Å². The zero-order valence-corrected chi connectivity index (χ0v) is 12.3. The molecular formula is C16H19N3O2. The van der Waals surface area contributed by atoms with E-state index < -0.39 is 6.09 Å². The number of carboxylic acid groups (broad SMARTS) is 1. The maximum absolute atomic E-state index is 11.2. The summed E-state index contributed by atoms with van der Waals surface area (Å²) >= 11 is 0. The molecule has 0 radical (unpaired) electrons. The third-order valence-electron chi connectivity index (χ3n) is 3.89. The van der Waals surface area contributed by atoms with Crippen molar-refractivity contribution < 1.29 is 9.90 Å². The van der Waals surface area contributed by atoms with Gasteiger partial charge in [-0.3, -0.25) is 0 Å². The van der Waals surface area contributed by atoms with Gasteiger partial charge in [0.25, 0.3) is 0 Å². The van der Waals surface area contributed by atoms with E-state index in [9.17, 15) is 9.90 Å². The van der Waals surface area contributed by atoms with E-state index in [4.69, 9.17) is 5.10 Å². The first kappa shape index (κ1) is 13.7. The molecule has 0 unspecified atom stereocenters. The van der Waals surface area contributed by atoms with E-state index in [2.05, 4.69) is 13.8 Å². The molecule has 3 rings (SSSR count). The van der Waals surface area contributed by atoms with Gasteiger partial charge >= 0.3 is 6.09 Å². The van der Waals surface area contributed by atoms with E-state index in [0.717, 1.165) is 22.6 Å². The van der Waals surface area contributed by atoms with Gasteiger partial charge in [0.1, 0.15) is 0 Å². The molecule has 0 saturated carbocycles. The highest BCUT2D eigenvalue weighted by Crippen LogP contribution is 2.29. The first-order chi connectivity index (χ1) is 10.1. The van der Waals surface area contributed by atoms with Gasteiger partial charge in [-0.1, -0.05) is 32.0 Å². The Bertz CT molecular complexity index is 662. The Kier molecular flexibility index (Phi) is 3.41. The number of amides is 1. The lowest BCUT2D eigenvalue weighted by atomic mass is 9.99. The van der Waals surface area contributed by atoms with Crippen molar-refractivity contribution in [1.29, 1.82) is 0 Å². The monoisotopic (exact) mass is 285 g/mol. The number of rotatable bonds is 2. The van der Waals surface area contributed by atoms with Crippen LogP contribution in [0.5, 0.6) is 0 Å². The molecule has 110 valence electrons. The zero-order chi connectivity index (χ0) is 15.0. The Labute approximate surface area is 123 Å². The van der Waals surface area contributed by atoms with Crippen LogP contribution >= 0.6 is 0 Å². The Balaban J connectivity index is 2.10. The van der Waals surface area contributed by atoms with Gasteiger partial charge in [-0.25, -0.2) is 9.48 Å². The largest absolute Gasteiger partial charge is 0.465 e. The van der Waals surface area contributed by atoms with Crippen molar-refractivity contribution in [3.8, 4) is 5.69 Å². The summed E-state index contributed by atoms with van der Waals surface area (Å²) in [5.41, 5.74) is 4.24. The van der Waals surface area contributed by atoms with Crippen LogP contribution in [0.25, 0.3) is 5.69 Å². The SMILES string of the molecule is CC(C)c1c2c(nn1-c1ccccc1)CCN(C(=O)O)C2. The number of para-hydroxylation sites is 1. The van der Waals surface area contributed by atoms with Crippen LogP contribution in [0.15, 0.2) is 30.3 Å². The number of fused-ring (bicyclic) bond motifs is 1. The van der Waals surface area contributed by atoms with Crippen LogP contribution in [0, 0.1) is 0 Å². The molecule has 0 spiro atoms. The maximum atomic E-state index is 11.2. The molecule has 0 fully saturated rings. The Hall–Kier alpha value is -2.30. The van der Waals surface area contributed by atoms with E-state index in [1.807, 2.05) is 35.0 Å². The van der Waals surface area contributed by atoms with E-state index in [0.29, 0.717) is 19.5 Å². The normalized spacial score (nSPS) is 14.3. The zero-order valence-electron chi connectivity index (χ0n) is 12.3. The summed E-state index contributed by atoms with van der Waals surface area (Å²) in [6.07, 6.45) is -0.177. The third kappa shape index (κ3) is 2.39. The molecule has 1 aromatic carbocycles. The maximum Gasteiger partial charge on any atom is 0.407 e. The molecule has 0 aliphatic carbocycles. The predicted molar refractivity (Wildman–Crippen MR) is 79.8 cm³/mol. The van der Waals surface area contributed by atoms with Crippen LogP contribution in [0.2, 0.25) is 0 Å². The summed E-state index contributed by atoms with van der Waals surface area (Å²) in [4.78, 5) is 12.7. The fourth-order valence-electron chi connectivity index (χ4n) is 2.92. The molecule has 21 heavy (non-hydrogen) atoms. The highest BCUT2D eigenvalue weighted by atomic mass is 16.4. The van der Waals surface area contributed by atoms with Crippen LogP contribution in [-0.2, 0) is 13.0 Å². The third-order valence-corrected chi connectivity index (χ3v) is 3.89. The van der Waals surface area contributed by atoms with Crippen molar-refractivity contribution in [2.75, 3.05) is 6.54 Å². The molecule has 5 heteroatoms. The van der Waals surface area contributed by atoms with Gasteiger partial charge in [0, 0.05) is 18.5 Å². The smallest absolute Gasteiger partial charge is 0.407 e. The van der Waals surface area contributed by atoms with Gasteiger partial charge in [-0.05, 0) is 18.1 Å². The quantitative estimate of drug-likeness (QED) is 0.922. The van der Waals surface area contributed by atoms with E-state index in [1.165, 1.54) is 4.90 Å². The van der Waals surface area contributed by atoms with Gasteiger partial charge in [-0.2, -0.15) is 5.10 Å². The fourth-order valence-corrected chi connectivity index (χ4v) is 2.92. The number of hydrogen-bond acceptors (Lipinski definition) is 2. The molecule has 0 atom stereocenters. The molecule has 2 heterocycles. The van der Waals surface area contributed by atoms with Crippen molar-refractivity contribution in [3.63, 3.8) is 0 Å². The molecule has 0 saturated heterocycles. The van der Waals surface area contributed by atoms with Gasteiger partial charge in [-0.15, -0.1) is 0 Å². The van der Waals surface area contributed by atoms with Gasteiger partial charge in [0.2, 0.25) is 0 Å². The number of aromatic nitrogens is 2. The molecule has 1 aromatic heterocycles. The van der Waals surface area contributed by atoms with E-state index in [-0.39, 0.29) is 5.92 Å². The predicted octanol–water partition coefficient (Wildman–Crippen LogP) is 3.03. The lowest BCUT2D eigenvalue weighted by Crippen LogP contribution is -2.34. The summed E-state index contributed by atoms with van der Waals surface area (Å²) in [6.45, 7) is 5.20. The molecule has 0 bridgehead atoms. The average molecular weight is 285 g/mol. The number of carbonyl (C=O) groups is 1. The van der Waals surface area contributed by atoms with Crippen molar-refractivity contribution in [1.82, 2.24) is 14.7 Å². The van der Waals surface area contributed by atoms with Crippen molar-refractivity contribution in [2.24, 2.45) is 0 Å². The average Bonchev–Trinajstić information content (AvgIpc) is 2.86. The molecule has 2 aromatic rings. The topological polar surface area (TPSA) is 58.4 Å². The fraction of sp³-hybridized carbons (Fsp3) is 0.375. The number of nitrogens with zero attached hydrogens (tertiary/aromatic N) is 3. The van der Waals surface area contributed by atoms with E-state index in [1.54, 1.807) is 0 Å². The molecule has 1 aliphatic heterocycles. The summed E-state index contributed by atoms with van der Waals surface area (Å²) < 4.78 is 1.97. The van der Waals surface area contributed by atoms with Gasteiger partial charge in [0.15, 0.2) is 0 Å². The second kappa shape index (κ2) is 5.24. The van der Waals surface area contributed by atoms with Crippen LogP contribution in [-0.4, -0.2) is 32.4 Å². The highest BCUT2D eigenvalue weighted by Gasteiger charge is 2.28. The number of hydrogen-bond donors (Lipinski definition) is 1. The second-order valence-corrected chi connectivity index (χ2v) is 5.67. The molecule has 1 amide bonds. The minimum Gasteiger partial charge on any atom is -0.465 e. The van der Waals surface area contributed by atoms with Crippen molar-refractivity contribution in [2.45, 2.75) is 32.7 Å². The Morgan fingerprint density at radius 2 is 2.00 bits per heavy atom. The number of benzene rings is 1. The van der Waals surface area contributed by atoms with Crippen molar-refractivity contribution >= 4 is 6.09 Å². The molecule has 1 N–H and O–H groups in total. The van der Waals surface area contributed by atoms with Gasteiger partial charge in [0.05, 0.1) is 23.6 Å². The first-order valence-corrected chi connectivity index (χ1v) is 7.22. The molecule has 1 aliphatic rings. The van der Waals surface area contributed by atoms with Crippen LogP contribution in [0.3, 0.4) is 0 Å². The Morgan fingerprint density at radius 1 is 1.29 bits per heavy atom. The minimum atomic E-state index is -0.859. The first-order valence-electron chi connectivity index (χ1n) is 7.22. The lowest BCUT2D eigenvalue weighted by Gasteiger charge is -2.24. The lowest BCUT2D eigenvalue weighted by molar-refractivity contribution is 0.139.